The minimum Gasteiger partial charge on any atom is -0.311 e. The molecule has 68 heavy (non-hydrogen) atoms. The van der Waals surface area contributed by atoms with Gasteiger partial charge in [0.1, 0.15) is 0 Å². The molecule has 0 spiro atoms. The van der Waals surface area contributed by atoms with Gasteiger partial charge in [-0.25, -0.2) is 0 Å². The second-order valence-corrected chi connectivity index (χ2v) is 18.7. The van der Waals surface area contributed by atoms with Crippen LogP contribution in [-0.2, 0) is 0 Å². The lowest BCUT2D eigenvalue weighted by molar-refractivity contribution is 1.23. The van der Waals surface area contributed by atoms with Crippen molar-refractivity contribution >= 4 is 102 Å². The van der Waals surface area contributed by atoms with Crippen molar-refractivity contribution in [2.75, 3.05) is 19.6 Å². The molecule has 0 unspecified atom stereocenters. The summed E-state index contributed by atoms with van der Waals surface area (Å²) in [5, 5.41) is 2.43. The zero-order valence-corrected chi connectivity index (χ0v) is 39.2. The van der Waals surface area contributed by atoms with Crippen LogP contribution in [-0.4, -0.2) is 6.71 Å². The van der Waals surface area contributed by atoms with E-state index in [4.69, 9.17) is 0 Å². The summed E-state index contributed by atoms with van der Waals surface area (Å²) in [5.74, 6) is 0. The molecule has 326 valence electrons. The maximum atomic E-state index is 2.52. The Bertz CT molecular complexity index is 3420. The lowest BCUT2D eigenvalue weighted by Gasteiger charge is -2.44. The smallest absolute Gasteiger partial charge is 0.252 e. The molecule has 2 aliphatic heterocycles. The summed E-state index contributed by atoms with van der Waals surface area (Å²) >= 11 is 0. The summed E-state index contributed by atoms with van der Waals surface area (Å²) in [6.45, 7) is 10.7. The highest BCUT2D eigenvalue weighted by Crippen LogP contribution is 2.48. The van der Waals surface area contributed by atoms with E-state index in [1.807, 2.05) is 0 Å². The van der Waals surface area contributed by atoms with Crippen molar-refractivity contribution in [1.29, 1.82) is 0 Å². The van der Waals surface area contributed by atoms with Crippen molar-refractivity contribution in [2.45, 2.75) is 34.6 Å². The number of fused-ring (bicyclic) bond motifs is 5. The average molecular weight is 875 g/mol. The standard InChI is InChI=1S/C63H51BN4/c1-42-13-24-49(25-14-42)65(50-26-15-43(2)16-27-50)55-35-37-57-61(40-55)67(53-32-21-46(5)22-33-53)59-11-8-12-60-63(59)64(57)58-38-36-56(41-62(58)68(60)54-34-23-47-9-6-7-10-48(47)39-54)66(51-28-17-44(3)18-29-51)52-30-19-45(4)20-31-52/h6-41H,1-5H3. The van der Waals surface area contributed by atoms with Gasteiger partial charge in [0, 0.05) is 68.2 Å². The van der Waals surface area contributed by atoms with E-state index in [1.165, 1.54) is 72.0 Å². The van der Waals surface area contributed by atoms with E-state index in [2.05, 4.69) is 273 Å². The van der Waals surface area contributed by atoms with E-state index < -0.39 is 0 Å². The highest BCUT2D eigenvalue weighted by atomic mass is 15.2. The van der Waals surface area contributed by atoms with Gasteiger partial charge in [0.2, 0.25) is 0 Å². The summed E-state index contributed by atoms with van der Waals surface area (Å²) in [6.07, 6.45) is 0. The maximum absolute atomic E-state index is 2.52. The molecule has 10 aromatic rings. The fraction of sp³-hybridized carbons (Fsp3) is 0.0794. The predicted octanol–water partition coefficient (Wildman–Crippen LogP) is 15.4. The lowest BCUT2D eigenvalue weighted by Crippen LogP contribution is -2.61. The summed E-state index contributed by atoms with van der Waals surface area (Å²) < 4.78 is 0. The number of aryl methyl sites for hydroxylation is 5. The number of anilines is 12. The Balaban J connectivity index is 1.12. The van der Waals surface area contributed by atoms with E-state index in [0.717, 1.165) is 51.2 Å². The zero-order valence-electron chi connectivity index (χ0n) is 39.2. The third-order valence-electron chi connectivity index (χ3n) is 13.9. The summed E-state index contributed by atoms with van der Waals surface area (Å²) in [4.78, 5) is 9.82. The molecule has 0 aromatic heterocycles. The minimum atomic E-state index is -0.0490. The van der Waals surface area contributed by atoms with E-state index in [0.29, 0.717) is 0 Å². The zero-order chi connectivity index (χ0) is 46.0. The Morgan fingerprint density at radius 1 is 0.294 bits per heavy atom. The Morgan fingerprint density at radius 2 is 0.662 bits per heavy atom. The number of hydrogen-bond acceptors (Lipinski definition) is 4. The van der Waals surface area contributed by atoms with Crippen LogP contribution < -0.4 is 36.0 Å². The molecular formula is C63H51BN4. The first-order valence-corrected chi connectivity index (χ1v) is 23.7. The molecule has 10 aromatic carbocycles. The number of hydrogen-bond donors (Lipinski definition) is 0. The second kappa shape index (κ2) is 16.6. The predicted molar refractivity (Wildman–Crippen MR) is 291 cm³/mol. The molecule has 0 saturated carbocycles. The lowest BCUT2D eigenvalue weighted by atomic mass is 9.33. The van der Waals surface area contributed by atoms with Crippen LogP contribution in [0.3, 0.4) is 0 Å². The normalized spacial score (nSPS) is 12.4. The Hall–Kier alpha value is -8.28. The van der Waals surface area contributed by atoms with Gasteiger partial charge in [0.25, 0.3) is 6.71 Å². The largest absolute Gasteiger partial charge is 0.311 e. The topological polar surface area (TPSA) is 13.0 Å². The van der Waals surface area contributed by atoms with Gasteiger partial charge in [-0.1, -0.05) is 137 Å². The fourth-order valence-corrected chi connectivity index (χ4v) is 10.4. The van der Waals surface area contributed by atoms with E-state index in [9.17, 15) is 0 Å². The quantitative estimate of drug-likeness (QED) is 0.141. The third kappa shape index (κ3) is 7.10. The van der Waals surface area contributed by atoms with Gasteiger partial charge in [-0.2, -0.15) is 0 Å². The summed E-state index contributed by atoms with van der Waals surface area (Å²) in [6, 6.07) is 81.4. The van der Waals surface area contributed by atoms with Gasteiger partial charge in [0.05, 0.1) is 0 Å². The number of nitrogens with zero attached hydrogens (tertiary/aromatic N) is 4. The van der Waals surface area contributed by atoms with Gasteiger partial charge < -0.3 is 19.6 Å². The van der Waals surface area contributed by atoms with Crippen LogP contribution in [0.1, 0.15) is 27.8 Å². The van der Waals surface area contributed by atoms with E-state index >= 15 is 0 Å². The van der Waals surface area contributed by atoms with Crippen LogP contribution in [0.5, 0.6) is 0 Å². The number of benzene rings is 10. The van der Waals surface area contributed by atoms with Crippen LogP contribution in [0.15, 0.2) is 218 Å². The molecule has 0 radical (unpaired) electrons. The van der Waals surface area contributed by atoms with Crippen molar-refractivity contribution in [3.8, 4) is 0 Å². The van der Waals surface area contributed by atoms with Crippen molar-refractivity contribution in [2.24, 2.45) is 0 Å². The van der Waals surface area contributed by atoms with Crippen LogP contribution in [0.4, 0.5) is 68.2 Å². The summed E-state index contributed by atoms with van der Waals surface area (Å²) in [5.41, 5.74) is 23.6. The van der Waals surface area contributed by atoms with E-state index in [-0.39, 0.29) is 6.71 Å². The second-order valence-electron chi connectivity index (χ2n) is 18.7. The monoisotopic (exact) mass is 874 g/mol. The molecule has 0 atom stereocenters. The molecule has 0 fully saturated rings. The molecule has 2 heterocycles. The van der Waals surface area contributed by atoms with Crippen LogP contribution in [0.2, 0.25) is 0 Å². The Kier molecular flexibility index (Phi) is 10.0. The van der Waals surface area contributed by atoms with Crippen molar-refractivity contribution in [1.82, 2.24) is 0 Å². The molecule has 12 rings (SSSR count). The van der Waals surface area contributed by atoms with Crippen LogP contribution >= 0.6 is 0 Å². The van der Waals surface area contributed by atoms with Gasteiger partial charge in [-0.15, -0.1) is 0 Å². The molecule has 0 saturated heterocycles. The van der Waals surface area contributed by atoms with Gasteiger partial charge in [-0.05, 0) is 171 Å². The number of rotatable bonds is 8. The SMILES string of the molecule is Cc1ccc(N(c2ccc(C)cc2)c2ccc3c(c2)N(c2ccc(C)cc2)c2cccc4c2B3c2ccc(N(c3ccc(C)cc3)c3ccc(C)cc3)cc2N4c2ccc3ccccc3c2)cc1. The van der Waals surface area contributed by atoms with E-state index in [1.54, 1.807) is 0 Å². The fourth-order valence-electron chi connectivity index (χ4n) is 10.4. The van der Waals surface area contributed by atoms with Crippen LogP contribution in [0.25, 0.3) is 10.8 Å². The maximum Gasteiger partial charge on any atom is 0.252 e. The molecule has 0 N–H and O–H groups in total. The molecule has 0 amide bonds. The third-order valence-corrected chi connectivity index (χ3v) is 13.9. The van der Waals surface area contributed by atoms with Crippen molar-refractivity contribution in [3.63, 3.8) is 0 Å². The first-order valence-electron chi connectivity index (χ1n) is 23.7. The highest BCUT2D eigenvalue weighted by Gasteiger charge is 2.43. The highest BCUT2D eigenvalue weighted by molar-refractivity contribution is 7.00. The molecule has 0 aliphatic carbocycles. The molecular weight excluding hydrogens is 824 g/mol. The first-order chi connectivity index (χ1) is 33.3. The van der Waals surface area contributed by atoms with Crippen molar-refractivity contribution in [3.05, 3.63) is 246 Å². The summed E-state index contributed by atoms with van der Waals surface area (Å²) in [7, 11) is 0. The van der Waals surface area contributed by atoms with Crippen LogP contribution in [0, 0.1) is 34.6 Å². The Labute approximate surface area is 400 Å². The Morgan fingerprint density at radius 3 is 1.10 bits per heavy atom. The molecule has 2 aliphatic rings. The minimum absolute atomic E-state index is 0.0490. The van der Waals surface area contributed by atoms with Gasteiger partial charge in [-0.3, -0.25) is 0 Å². The van der Waals surface area contributed by atoms with Gasteiger partial charge >= 0.3 is 0 Å². The molecule has 0 bridgehead atoms. The molecule has 5 heteroatoms. The average Bonchev–Trinajstić information content (AvgIpc) is 3.36. The van der Waals surface area contributed by atoms with Crippen molar-refractivity contribution < 1.29 is 0 Å². The first kappa shape index (κ1) is 41.2. The van der Waals surface area contributed by atoms with Gasteiger partial charge in [0.15, 0.2) is 0 Å². The molecule has 4 nitrogen and oxygen atoms in total.